The second-order valence-corrected chi connectivity index (χ2v) is 10.3. The maximum absolute atomic E-state index is 13.3. The number of carbonyl (C=O) groups is 1. The average Bonchev–Trinajstić information content (AvgIpc) is 3.19. The second kappa shape index (κ2) is 10.4. The smallest absolute Gasteiger partial charge is 0.238 e. The van der Waals surface area contributed by atoms with Crippen LogP contribution in [0.25, 0.3) is 11.0 Å². The number of rotatable bonds is 9. The van der Waals surface area contributed by atoms with Crippen molar-refractivity contribution in [1.82, 2.24) is 14.5 Å². The molecule has 0 saturated heterocycles. The van der Waals surface area contributed by atoms with Crippen molar-refractivity contribution in [2.75, 3.05) is 5.75 Å². The van der Waals surface area contributed by atoms with Gasteiger partial charge in [0.2, 0.25) is 15.9 Å². The lowest BCUT2D eigenvalue weighted by Gasteiger charge is -2.23. The summed E-state index contributed by atoms with van der Waals surface area (Å²) in [6, 6.07) is 24.5. The SMILES string of the molecule is CCn1c(SCC(=O)N(Cc2ccccc2)Cc2ccccc2)nc2cc(S(N)(=O)=O)ccc21. The van der Waals surface area contributed by atoms with E-state index in [1.807, 2.05) is 77.1 Å². The Hall–Kier alpha value is -3.14. The number of hydrogen-bond donors (Lipinski definition) is 1. The predicted octanol–water partition coefficient (Wildman–Crippen LogP) is 4.02. The summed E-state index contributed by atoms with van der Waals surface area (Å²) >= 11 is 1.35. The van der Waals surface area contributed by atoms with Gasteiger partial charge in [-0.15, -0.1) is 0 Å². The standard InChI is InChI=1S/C25H26N4O3S2/c1-2-29-23-14-13-21(34(26,31)32)15-22(23)27-25(29)33-18-24(30)28(16-19-9-5-3-6-10-19)17-20-11-7-4-8-12-20/h3-15H,2,16-18H2,1H3,(H2,26,31,32). The molecule has 0 unspecified atom stereocenters. The molecule has 9 heteroatoms. The van der Waals surface area contributed by atoms with Gasteiger partial charge in [0.1, 0.15) is 0 Å². The highest BCUT2D eigenvalue weighted by Gasteiger charge is 2.19. The van der Waals surface area contributed by atoms with Gasteiger partial charge in [-0.2, -0.15) is 0 Å². The lowest BCUT2D eigenvalue weighted by atomic mass is 10.1. The number of hydrogen-bond acceptors (Lipinski definition) is 5. The number of aryl methyl sites for hydroxylation is 1. The molecule has 0 saturated carbocycles. The largest absolute Gasteiger partial charge is 0.333 e. The number of aromatic nitrogens is 2. The van der Waals surface area contributed by atoms with E-state index in [0.717, 1.165) is 16.6 Å². The molecule has 0 bridgehead atoms. The Bertz CT molecular complexity index is 1350. The molecule has 34 heavy (non-hydrogen) atoms. The van der Waals surface area contributed by atoms with Gasteiger partial charge < -0.3 is 9.47 Å². The molecular formula is C25H26N4O3S2. The zero-order valence-electron chi connectivity index (χ0n) is 18.8. The van der Waals surface area contributed by atoms with Crippen LogP contribution in [0.5, 0.6) is 0 Å². The van der Waals surface area contributed by atoms with E-state index in [4.69, 9.17) is 5.14 Å². The van der Waals surface area contributed by atoms with Crippen LogP contribution in [0.3, 0.4) is 0 Å². The molecule has 0 aliphatic rings. The number of nitrogens with two attached hydrogens (primary N) is 1. The molecule has 0 atom stereocenters. The Morgan fingerprint density at radius 2 is 1.56 bits per heavy atom. The summed E-state index contributed by atoms with van der Waals surface area (Å²) < 4.78 is 25.4. The van der Waals surface area contributed by atoms with Gasteiger partial charge in [-0.05, 0) is 36.2 Å². The molecule has 0 spiro atoms. The molecule has 0 aliphatic carbocycles. The molecule has 4 rings (SSSR count). The zero-order chi connectivity index (χ0) is 24.1. The van der Waals surface area contributed by atoms with Crippen LogP contribution in [0.4, 0.5) is 0 Å². The third-order valence-corrected chi connectivity index (χ3v) is 7.31. The van der Waals surface area contributed by atoms with Gasteiger partial charge in [-0.1, -0.05) is 72.4 Å². The van der Waals surface area contributed by atoms with Gasteiger partial charge in [0.05, 0.1) is 21.7 Å². The molecule has 1 heterocycles. The Morgan fingerprint density at radius 1 is 0.971 bits per heavy atom. The highest BCUT2D eigenvalue weighted by atomic mass is 32.2. The molecule has 1 aromatic heterocycles. The Balaban J connectivity index is 1.55. The fourth-order valence-corrected chi connectivity index (χ4v) is 5.25. The normalized spacial score (nSPS) is 11.6. The maximum Gasteiger partial charge on any atom is 0.238 e. The van der Waals surface area contributed by atoms with E-state index in [0.29, 0.717) is 30.3 Å². The van der Waals surface area contributed by atoms with E-state index in [1.54, 1.807) is 6.07 Å². The highest BCUT2D eigenvalue weighted by molar-refractivity contribution is 7.99. The molecular weight excluding hydrogens is 468 g/mol. The van der Waals surface area contributed by atoms with Crippen molar-refractivity contribution in [3.8, 4) is 0 Å². The van der Waals surface area contributed by atoms with E-state index in [1.165, 1.54) is 23.9 Å². The minimum Gasteiger partial charge on any atom is -0.333 e. The molecule has 7 nitrogen and oxygen atoms in total. The van der Waals surface area contributed by atoms with Gasteiger partial charge in [0.15, 0.2) is 5.16 Å². The van der Waals surface area contributed by atoms with Crippen molar-refractivity contribution in [2.24, 2.45) is 5.14 Å². The minimum atomic E-state index is -3.82. The second-order valence-electron chi connectivity index (χ2n) is 7.84. The number of imidazole rings is 1. The van der Waals surface area contributed by atoms with Gasteiger partial charge >= 0.3 is 0 Å². The highest BCUT2D eigenvalue weighted by Crippen LogP contribution is 2.26. The summed E-state index contributed by atoms with van der Waals surface area (Å²) in [4.78, 5) is 19.8. The molecule has 0 radical (unpaired) electrons. The minimum absolute atomic E-state index is 0.00218. The van der Waals surface area contributed by atoms with Crippen molar-refractivity contribution in [3.05, 3.63) is 90.0 Å². The average molecular weight is 495 g/mol. The van der Waals surface area contributed by atoms with Crippen LogP contribution in [-0.4, -0.2) is 34.5 Å². The van der Waals surface area contributed by atoms with Crippen molar-refractivity contribution in [3.63, 3.8) is 0 Å². The van der Waals surface area contributed by atoms with Crippen molar-refractivity contribution in [1.29, 1.82) is 0 Å². The van der Waals surface area contributed by atoms with Crippen LogP contribution in [-0.2, 0) is 34.5 Å². The molecule has 0 aliphatic heterocycles. The number of primary sulfonamides is 1. The van der Waals surface area contributed by atoms with E-state index in [9.17, 15) is 13.2 Å². The Kier molecular flexibility index (Phi) is 7.35. The number of benzene rings is 3. The zero-order valence-corrected chi connectivity index (χ0v) is 20.4. The van der Waals surface area contributed by atoms with E-state index >= 15 is 0 Å². The van der Waals surface area contributed by atoms with Crippen LogP contribution < -0.4 is 5.14 Å². The van der Waals surface area contributed by atoms with E-state index in [-0.39, 0.29) is 16.6 Å². The Labute approximate surface area is 203 Å². The number of carbonyl (C=O) groups excluding carboxylic acids is 1. The molecule has 4 aromatic rings. The van der Waals surface area contributed by atoms with Crippen LogP contribution in [0, 0.1) is 0 Å². The first-order valence-electron chi connectivity index (χ1n) is 10.9. The summed E-state index contributed by atoms with van der Waals surface area (Å²) in [6.07, 6.45) is 0. The third kappa shape index (κ3) is 5.67. The number of amides is 1. The van der Waals surface area contributed by atoms with Crippen LogP contribution >= 0.6 is 11.8 Å². The number of sulfonamides is 1. The predicted molar refractivity (Wildman–Crippen MR) is 135 cm³/mol. The number of nitrogens with zero attached hydrogens (tertiary/aromatic N) is 3. The fraction of sp³-hybridized carbons (Fsp3) is 0.200. The van der Waals surface area contributed by atoms with Crippen LogP contribution in [0.2, 0.25) is 0 Å². The van der Waals surface area contributed by atoms with Gasteiger partial charge in [-0.25, -0.2) is 18.5 Å². The van der Waals surface area contributed by atoms with E-state index < -0.39 is 10.0 Å². The lowest BCUT2D eigenvalue weighted by Crippen LogP contribution is -2.31. The number of fused-ring (bicyclic) bond motifs is 1. The van der Waals surface area contributed by atoms with Gasteiger partial charge in [-0.3, -0.25) is 4.79 Å². The quantitative estimate of drug-likeness (QED) is 0.354. The topological polar surface area (TPSA) is 98.3 Å². The van der Waals surface area contributed by atoms with Crippen molar-refractivity contribution >= 4 is 38.7 Å². The first-order chi connectivity index (χ1) is 16.3. The molecule has 2 N–H and O–H groups in total. The molecule has 1 amide bonds. The van der Waals surface area contributed by atoms with Gasteiger partial charge in [0.25, 0.3) is 0 Å². The third-order valence-electron chi connectivity index (χ3n) is 5.44. The lowest BCUT2D eigenvalue weighted by molar-refractivity contribution is -0.129. The van der Waals surface area contributed by atoms with Crippen LogP contribution in [0.15, 0.2) is 88.9 Å². The van der Waals surface area contributed by atoms with Crippen molar-refractivity contribution in [2.45, 2.75) is 36.6 Å². The maximum atomic E-state index is 13.3. The first kappa shape index (κ1) is 24.0. The van der Waals surface area contributed by atoms with Crippen molar-refractivity contribution < 1.29 is 13.2 Å². The molecule has 0 fully saturated rings. The number of thioether (sulfide) groups is 1. The Morgan fingerprint density at radius 3 is 2.09 bits per heavy atom. The summed E-state index contributed by atoms with van der Waals surface area (Å²) in [6.45, 7) is 3.64. The first-order valence-corrected chi connectivity index (χ1v) is 13.4. The summed E-state index contributed by atoms with van der Waals surface area (Å²) in [7, 11) is -3.82. The fourth-order valence-electron chi connectivity index (χ4n) is 3.74. The molecule has 176 valence electrons. The molecule has 3 aromatic carbocycles. The summed E-state index contributed by atoms with van der Waals surface area (Å²) in [5.74, 6) is 0.211. The van der Waals surface area contributed by atoms with Gasteiger partial charge in [0, 0.05) is 19.6 Å². The van der Waals surface area contributed by atoms with E-state index in [2.05, 4.69) is 4.98 Å². The summed E-state index contributed by atoms with van der Waals surface area (Å²) in [5.41, 5.74) is 3.46. The van der Waals surface area contributed by atoms with Crippen LogP contribution in [0.1, 0.15) is 18.1 Å². The summed E-state index contributed by atoms with van der Waals surface area (Å²) in [5, 5.41) is 5.93. The monoisotopic (exact) mass is 494 g/mol.